The number of nitrogens with two attached hydrogens (primary N) is 2. The van der Waals surface area contributed by atoms with Crippen molar-refractivity contribution >= 4 is 11.8 Å². The predicted molar refractivity (Wildman–Crippen MR) is 60.6 cm³/mol. The Labute approximate surface area is 92.3 Å². The van der Waals surface area contributed by atoms with Crippen LogP contribution in [0.1, 0.15) is 0 Å². The SMILES string of the molecule is COc1cc(-c2cc(N)nc(N)n2)ccn1. The molecule has 2 aromatic rings. The van der Waals surface area contributed by atoms with E-state index in [4.69, 9.17) is 16.2 Å². The Balaban J connectivity index is 2.49. The van der Waals surface area contributed by atoms with Gasteiger partial charge in [-0.3, -0.25) is 0 Å². The summed E-state index contributed by atoms with van der Waals surface area (Å²) in [7, 11) is 1.55. The molecule has 2 aromatic heterocycles. The number of nitrogen functional groups attached to an aromatic ring is 2. The molecule has 0 bridgehead atoms. The maximum Gasteiger partial charge on any atom is 0.222 e. The Morgan fingerprint density at radius 1 is 1.19 bits per heavy atom. The second-order valence-electron chi connectivity index (χ2n) is 3.12. The maximum atomic E-state index is 5.59. The van der Waals surface area contributed by atoms with Gasteiger partial charge in [-0.2, -0.15) is 4.98 Å². The van der Waals surface area contributed by atoms with Crippen molar-refractivity contribution in [2.45, 2.75) is 0 Å². The third kappa shape index (κ3) is 2.00. The molecule has 6 heteroatoms. The average Bonchev–Trinajstić information content (AvgIpc) is 2.28. The van der Waals surface area contributed by atoms with Gasteiger partial charge in [0.15, 0.2) is 0 Å². The normalized spacial score (nSPS) is 10.1. The average molecular weight is 217 g/mol. The summed E-state index contributed by atoms with van der Waals surface area (Å²) in [6.07, 6.45) is 1.63. The lowest BCUT2D eigenvalue weighted by Crippen LogP contribution is -2.00. The van der Waals surface area contributed by atoms with Crippen LogP contribution in [0.2, 0.25) is 0 Å². The molecule has 2 heterocycles. The quantitative estimate of drug-likeness (QED) is 0.768. The number of pyridine rings is 1. The standard InChI is InChI=1S/C10H11N5O/c1-16-9-4-6(2-3-13-9)7-5-8(11)15-10(12)14-7/h2-5H,1H3,(H4,11,12,14,15). The van der Waals surface area contributed by atoms with Crippen molar-refractivity contribution in [2.24, 2.45) is 0 Å². The first-order valence-electron chi connectivity index (χ1n) is 4.59. The van der Waals surface area contributed by atoms with Crippen molar-refractivity contribution in [1.82, 2.24) is 15.0 Å². The molecule has 0 aliphatic rings. The van der Waals surface area contributed by atoms with E-state index in [1.165, 1.54) is 0 Å². The van der Waals surface area contributed by atoms with Crippen LogP contribution in [-0.2, 0) is 0 Å². The summed E-state index contributed by atoms with van der Waals surface area (Å²) in [5, 5.41) is 0. The summed E-state index contributed by atoms with van der Waals surface area (Å²) in [5.74, 6) is 0.984. The molecule has 0 radical (unpaired) electrons. The van der Waals surface area contributed by atoms with Crippen molar-refractivity contribution in [1.29, 1.82) is 0 Å². The zero-order valence-corrected chi connectivity index (χ0v) is 8.71. The lowest BCUT2D eigenvalue weighted by Gasteiger charge is -2.04. The number of hydrogen-bond donors (Lipinski definition) is 2. The van der Waals surface area contributed by atoms with Gasteiger partial charge < -0.3 is 16.2 Å². The molecular weight excluding hydrogens is 206 g/mol. The number of anilines is 2. The van der Waals surface area contributed by atoms with E-state index in [0.717, 1.165) is 5.56 Å². The fourth-order valence-corrected chi connectivity index (χ4v) is 1.31. The van der Waals surface area contributed by atoms with E-state index in [1.807, 2.05) is 0 Å². The molecule has 0 aromatic carbocycles. The van der Waals surface area contributed by atoms with Gasteiger partial charge in [0, 0.05) is 23.9 Å². The number of methoxy groups -OCH3 is 1. The van der Waals surface area contributed by atoms with Gasteiger partial charge >= 0.3 is 0 Å². The monoisotopic (exact) mass is 217 g/mol. The molecule has 0 aliphatic carbocycles. The van der Waals surface area contributed by atoms with Crippen molar-refractivity contribution in [3.63, 3.8) is 0 Å². The summed E-state index contributed by atoms with van der Waals surface area (Å²) < 4.78 is 5.02. The fraction of sp³-hybridized carbons (Fsp3) is 0.100. The summed E-state index contributed by atoms with van der Waals surface area (Å²) in [5.41, 5.74) is 12.6. The third-order valence-corrected chi connectivity index (χ3v) is 2.00. The molecule has 0 aliphatic heterocycles. The smallest absolute Gasteiger partial charge is 0.222 e. The molecule has 6 nitrogen and oxygen atoms in total. The van der Waals surface area contributed by atoms with E-state index in [1.54, 1.807) is 31.5 Å². The van der Waals surface area contributed by atoms with Crippen LogP contribution in [0.15, 0.2) is 24.4 Å². The van der Waals surface area contributed by atoms with Gasteiger partial charge in [-0.1, -0.05) is 0 Å². The van der Waals surface area contributed by atoms with Gasteiger partial charge in [-0.15, -0.1) is 0 Å². The highest BCUT2D eigenvalue weighted by Crippen LogP contribution is 2.21. The van der Waals surface area contributed by atoms with Crippen LogP contribution in [0, 0.1) is 0 Å². The minimum Gasteiger partial charge on any atom is -0.481 e. The van der Waals surface area contributed by atoms with Gasteiger partial charge in [0.25, 0.3) is 0 Å². The first kappa shape index (κ1) is 10.2. The Morgan fingerprint density at radius 3 is 2.69 bits per heavy atom. The predicted octanol–water partition coefficient (Wildman–Crippen LogP) is 0.712. The van der Waals surface area contributed by atoms with Crippen LogP contribution >= 0.6 is 0 Å². The lowest BCUT2D eigenvalue weighted by atomic mass is 10.2. The summed E-state index contributed by atoms with van der Waals surface area (Å²) in [6.45, 7) is 0. The van der Waals surface area contributed by atoms with E-state index in [9.17, 15) is 0 Å². The molecular formula is C10H11N5O. The summed E-state index contributed by atoms with van der Waals surface area (Å²) >= 11 is 0. The van der Waals surface area contributed by atoms with E-state index in [-0.39, 0.29) is 5.95 Å². The molecule has 0 unspecified atom stereocenters. The number of rotatable bonds is 2. The number of hydrogen-bond acceptors (Lipinski definition) is 6. The highest BCUT2D eigenvalue weighted by molar-refractivity contribution is 5.63. The Morgan fingerprint density at radius 2 is 2.00 bits per heavy atom. The van der Waals surface area contributed by atoms with E-state index >= 15 is 0 Å². The molecule has 0 saturated heterocycles. The Kier molecular flexibility index (Phi) is 2.55. The zero-order valence-electron chi connectivity index (χ0n) is 8.71. The highest BCUT2D eigenvalue weighted by Gasteiger charge is 2.04. The first-order chi connectivity index (χ1) is 7.69. The minimum atomic E-state index is 0.144. The zero-order chi connectivity index (χ0) is 11.5. The van der Waals surface area contributed by atoms with Crippen LogP contribution < -0.4 is 16.2 Å². The molecule has 0 spiro atoms. The van der Waals surface area contributed by atoms with Crippen molar-refractivity contribution in [2.75, 3.05) is 18.6 Å². The second kappa shape index (κ2) is 4.01. The molecule has 0 amide bonds. The Bertz CT molecular complexity index is 494. The number of ether oxygens (including phenoxy) is 1. The molecule has 0 saturated carbocycles. The summed E-state index contributed by atoms with van der Waals surface area (Å²) in [6, 6.07) is 5.19. The van der Waals surface area contributed by atoms with Gasteiger partial charge in [-0.25, -0.2) is 9.97 Å². The van der Waals surface area contributed by atoms with Crippen molar-refractivity contribution in [3.8, 4) is 17.1 Å². The lowest BCUT2D eigenvalue weighted by molar-refractivity contribution is 0.398. The van der Waals surface area contributed by atoms with Crippen molar-refractivity contribution in [3.05, 3.63) is 24.4 Å². The van der Waals surface area contributed by atoms with E-state index < -0.39 is 0 Å². The van der Waals surface area contributed by atoms with E-state index in [0.29, 0.717) is 17.4 Å². The molecule has 2 rings (SSSR count). The van der Waals surface area contributed by atoms with Crippen LogP contribution in [0.4, 0.5) is 11.8 Å². The van der Waals surface area contributed by atoms with Gasteiger partial charge in [0.1, 0.15) is 5.82 Å². The van der Waals surface area contributed by atoms with Gasteiger partial charge in [0.05, 0.1) is 12.8 Å². The molecule has 0 atom stereocenters. The van der Waals surface area contributed by atoms with Crippen molar-refractivity contribution < 1.29 is 4.74 Å². The number of aromatic nitrogens is 3. The van der Waals surface area contributed by atoms with Gasteiger partial charge in [0.2, 0.25) is 11.8 Å². The molecule has 0 fully saturated rings. The topological polar surface area (TPSA) is 99.9 Å². The van der Waals surface area contributed by atoms with E-state index in [2.05, 4.69) is 15.0 Å². The number of nitrogens with zero attached hydrogens (tertiary/aromatic N) is 3. The van der Waals surface area contributed by atoms with Gasteiger partial charge in [-0.05, 0) is 6.07 Å². The first-order valence-corrected chi connectivity index (χ1v) is 4.59. The molecule has 16 heavy (non-hydrogen) atoms. The third-order valence-electron chi connectivity index (χ3n) is 2.00. The van der Waals surface area contributed by atoms with Crippen LogP contribution in [0.3, 0.4) is 0 Å². The molecule has 82 valence electrons. The van der Waals surface area contributed by atoms with Crippen LogP contribution in [-0.4, -0.2) is 22.1 Å². The Hall–Kier alpha value is -2.37. The fourth-order valence-electron chi connectivity index (χ4n) is 1.31. The maximum absolute atomic E-state index is 5.59. The minimum absolute atomic E-state index is 0.144. The van der Waals surface area contributed by atoms with Crippen LogP contribution in [0.25, 0.3) is 11.3 Å². The highest BCUT2D eigenvalue weighted by atomic mass is 16.5. The largest absolute Gasteiger partial charge is 0.481 e. The molecule has 4 N–H and O–H groups in total. The second-order valence-corrected chi connectivity index (χ2v) is 3.12. The van der Waals surface area contributed by atoms with Crippen LogP contribution in [0.5, 0.6) is 5.88 Å². The summed E-state index contributed by atoms with van der Waals surface area (Å²) in [4.78, 5) is 11.9.